The van der Waals surface area contributed by atoms with Gasteiger partial charge in [0.2, 0.25) is 0 Å². The van der Waals surface area contributed by atoms with Crippen LogP contribution in [0.1, 0.15) is 112 Å². The molecule has 2 heterocycles. The van der Waals surface area contributed by atoms with Crippen molar-refractivity contribution in [2.24, 2.45) is 0 Å². The summed E-state index contributed by atoms with van der Waals surface area (Å²) in [6.07, 6.45) is 14.8. The number of rotatable bonds is 36. The van der Waals surface area contributed by atoms with Crippen molar-refractivity contribution >= 4 is 45.7 Å². The van der Waals surface area contributed by atoms with Gasteiger partial charge in [0, 0.05) is 48.8 Å². The number of aliphatic carboxylic acids is 4. The molecule has 484 valence electrons. The summed E-state index contributed by atoms with van der Waals surface area (Å²) in [5.41, 5.74) is 14.8. The van der Waals surface area contributed by atoms with E-state index in [0.29, 0.717) is 50.4 Å². The van der Waals surface area contributed by atoms with Crippen LogP contribution in [-0.2, 0) is 44.9 Å². The highest BCUT2D eigenvalue weighted by Gasteiger charge is 2.16. The largest absolute Gasteiger partial charge is 0.494 e. The molecule has 4 N–H and O–H groups in total. The lowest BCUT2D eigenvalue weighted by atomic mass is 9.96. The minimum atomic E-state index is -0.858. The second-order valence-electron chi connectivity index (χ2n) is 23.3. The van der Waals surface area contributed by atoms with Crippen molar-refractivity contribution in [3.8, 4) is 67.5 Å². The van der Waals surface area contributed by atoms with Gasteiger partial charge in [0.1, 0.15) is 23.0 Å². The molecule has 10 aromatic rings. The average Bonchev–Trinajstić information content (AvgIpc) is 0.827. The molecule has 0 aliphatic carbocycles. The Labute approximate surface area is 549 Å². The third-order valence-electron chi connectivity index (χ3n) is 16.4. The molecule has 0 aliphatic rings. The standard InChI is InChI=1S/2C40H41NO6/c2*42-39(43)20-11-25-47-38-19-8-15-30(35(38)21-22-40(44)45)14-4-1-2-7-24-46-33-27-31(29-12-5-3-6-13-29)26-32(28-33)34-16-9-18-37-36(34)17-10-23-41-37/h2*3,5-6,8-10,12-13,15-19,23,26-28H,1-2,4,7,11,14,20-22,24-25H2,(H,42,43)(H,44,45). The number of unbranched alkanes of at least 4 members (excludes halogenated alkanes) is 6. The number of nitrogens with zero attached hydrogens (tertiary/aromatic N) is 2. The third kappa shape index (κ3) is 20.8. The molecule has 0 saturated heterocycles. The Kier molecular flexibility index (Phi) is 26.1. The molecule has 0 spiro atoms. The number of hydrogen-bond acceptors (Lipinski definition) is 10. The van der Waals surface area contributed by atoms with E-state index in [9.17, 15) is 29.4 Å². The van der Waals surface area contributed by atoms with Crippen LogP contribution in [-0.4, -0.2) is 80.7 Å². The molecule has 0 bridgehead atoms. The van der Waals surface area contributed by atoms with Crippen LogP contribution < -0.4 is 18.9 Å². The van der Waals surface area contributed by atoms with E-state index in [0.717, 1.165) is 164 Å². The van der Waals surface area contributed by atoms with Crippen molar-refractivity contribution in [1.29, 1.82) is 0 Å². The number of aryl methyl sites for hydroxylation is 2. The zero-order valence-electron chi connectivity index (χ0n) is 53.1. The summed E-state index contributed by atoms with van der Waals surface area (Å²) >= 11 is 0. The summed E-state index contributed by atoms with van der Waals surface area (Å²) in [7, 11) is 0. The van der Waals surface area contributed by atoms with Crippen molar-refractivity contribution in [2.45, 2.75) is 116 Å². The molecule has 10 rings (SSSR count). The first-order valence-electron chi connectivity index (χ1n) is 32.6. The SMILES string of the molecule is O=C(O)CCCOc1cccc(CCCCCCOc2cc(-c3ccccc3)cc(-c3cccc4ncccc34)c2)c1CCC(=O)O.O=C(O)CCCOc1cccc(CCCCCCOc2cc(-c3ccccc3)cc(-c3cccc4ncccc34)c2)c1CCC(=O)O. The summed E-state index contributed by atoms with van der Waals surface area (Å²) in [5, 5.41) is 38.6. The molecule has 0 aliphatic heterocycles. The van der Waals surface area contributed by atoms with Gasteiger partial charge in [0.15, 0.2) is 0 Å². The first-order chi connectivity index (χ1) is 45.9. The van der Waals surface area contributed by atoms with Crippen LogP contribution in [0.5, 0.6) is 23.0 Å². The lowest BCUT2D eigenvalue weighted by molar-refractivity contribution is -0.138. The van der Waals surface area contributed by atoms with Gasteiger partial charge < -0.3 is 39.4 Å². The highest BCUT2D eigenvalue weighted by molar-refractivity contribution is 5.97. The maximum Gasteiger partial charge on any atom is 0.303 e. The molecule has 0 atom stereocenters. The Morgan fingerprint density at radius 3 is 1.11 bits per heavy atom. The number of pyridine rings is 2. The van der Waals surface area contributed by atoms with E-state index in [1.54, 1.807) is 0 Å². The van der Waals surface area contributed by atoms with Crippen molar-refractivity contribution in [1.82, 2.24) is 9.97 Å². The van der Waals surface area contributed by atoms with Crippen LogP contribution >= 0.6 is 0 Å². The zero-order chi connectivity index (χ0) is 65.7. The summed E-state index contributed by atoms with van der Waals surface area (Å²) < 4.78 is 24.4. The van der Waals surface area contributed by atoms with E-state index in [1.807, 2.05) is 122 Å². The maximum absolute atomic E-state index is 11.3. The summed E-state index contributed by atoms with van der Waals surface area (Å²) in [6.45, 7) is 1.78. The fraction of sp³-hybridized carbons (Fsp3) is 0.275. The van der Waals surface area contributed by atoms with Crippen LogP contribution in [0.25, 0.3) is 66.3 Å². The van der Waals surface area contributed by atoms with Gasteiger partial charge in [-0.1, -0.05) is 147 Å². The Hall–Kier alpha value is -10.3. The van der Waals surface area contributed by atoms with E-state index in [4.69, 9.17) is 29.2 Å². The van der Waals surface area contributed by atoms with E-state index in [1.165, 1.54) is 0 Å². The van der Waals surface area contributed by atoms with Gasteiger partial charge in [0.05, 0.1) is 37.5 Å². The second-order valence-corrected chi connectivity index (χ2v) is 23.3. The molecule has 8 aromatic carbocycles. The van der Waals surface area contributed by atoms with Gasteiger partial charge >= 0.3 is 23.9 Å². The lowest BCUT2D eigenvalue weighted by Crippen LogP contribution is -2.07. The Balaban J connectivity index is 0.000000221. The topological polar surface area (TPSA) is 212 Å². The first-order valence-corrected chi connectivity index (χ1v) is 32.6. The predicted molar refractivity (Wildman–Crippen MR) is 370 cm³/mol. The number of aromatic nitrogens is 2. The number of carboxylic acids is 4. The molecule has 0 radical (unpaired) electrons. The fourth-order valence-corrected chi connectivity index (χ4v) is 11.7. The predicted octanol–water partition coefficient (Wildman–Crippen LogP) is 18.0. The smallest absolute Gasteiger partial charge is 0.303 e. The van der Waals surface area contributed by atoms with Gasteiger partial charge in [0.25, 0.3) is 0 Å². The maximum atomic E-state index is 11.3. The van der Waals surface area contributed by atoms with Crippen LogP contribution in [0.2, 0.25) is 0 Å². The van der Waals surface area contributed by atoms with Gasteiger partial charge in [-0.3, -0.25) is 29.1 Å². The number of carbonyl (C=O) groups is 4. The third-order valence-corrected chi connectivity index (χ3v) is 16.4. The van der Waals surface area contributed by atoms with Crippen molar-refractivity contribution < 1.29 is 58.6 Å². The normalized spacial score (nSPS) is 11.0. The average molecular weight is 1260 g/mol. The van der Waals surface area contributed by atoms with E-state index in [2.05, 4.69) is 94.9 Å². The van der Waals surface area contributed by atoms with Crippen LogP contribution in [0.4, 0.5) is 0 Å². The second kappa shape index (κ2) is 36.0. The van der Waals surface area contributed by atoms with Gasteiger partial charge in [-0.25, -0.2) is 0 Å². The van der Waals surface area contributed by atoms with Gasteiger partial charge in [-0.15, -0.1) is 0 Å². The lowest BCUT2D eigenvalue weighted by Gasteiger charge is -2.15. The monoisotopic (exact) mass is 1260 g/mol. The minimum Gasteiger partial charge on any atom is -0.494 e. The Morgan fingerprint density at radius 1 is 0.309 bits per heavy atom. The first kappa shape index (κ1) is 68.0. The molecular formula is C80H82N2O12. The van der Waals surface area contributed by atoms with Gasteiger partial charge in [-0.05, 0) is 204 Å². The summed E-state index contributed by atoms with van der Waals surface area (Å²) in [6, 6.07) is 65.7. The Bertz CT molecular complexity index is 3820. The number of ether oxygens (including phenoxy) is 4. The van der Waals surface area contributed by atoms with Crippen molar-refractivity contribution in [3.05, 3.63) is 229 Å². The van der Waals surface area contributed by atoms with Crippen molar-refractivity contribution in [2.75, 3.05) is 26.4 Å². The molecule has 14 heteroatoms. The molecule has 0 unspecified atom stereocenters. The van der Waals surface area contributed by atoms with E-state index < -0.39 is 23.9 Å². The summed E-state index contributed by atoms with van der Waals surface area (Å²) in [4.78, 5) is 53.4. The van der Waals surface area contributed by atoms with Gasteiger partial charge in [-0.2, -0.15) is 0 Å². The summed E-state index contributed by atoms with van der Waals surface area (Å²) in [5.74, 6) is -0.444. The molecular weight excluding hydrogens is 1180 g/mol. The Morgan fingerprint density at radius 2 is 0.691 bits per heavy atom. The fourth-order valence-electron chi connectivity index (χ4n) is 11.7. The number of benzene rings is 8. The quantitative estimate of drug-likeness (QED) is 0.0269. The van der Waals surface area contributed by atoms with Crippen LogP contribution in [0, 0.1) is 0 Å². The molecule has 14 nitrogen and oxygen atoms in total. The van der Waals surface area contributed by atoms with E-state index >= 15 is 0 Å². The molecule has 0 fully saturated rings. The molecule has 2 aromatic heterocycles. The molecule has 0 amide bonds. The zero-order valence-corrected chi connectivity index (χ0v) is 53.1. The van der Waals surface area contributed by atoms with E-state index in [-0.39, 0.29) is 38.9 Å². The number of carboxylic acid groups (broad SMARTS) is 4. The van der Waals surface area contributed by atoms with Crippen LogP contribution in [0.15, 0.2) is 207 Å². The van der Waals surface area contributed by atoms with Crippen molar-refractivity contribution in [3.63, 3.8) is 0 Å². The van der Waals surface area contributed by atoms with Crippen LogP contribution in [0.3, 0.4) is 0 Å². The highest BCUT2D eigenvalue weighted by Crippen LogP contribution is 2.37. The molecule has 0 saturated carbocycles. The minimum absolute atomic E-state index is 0.0183. The highest BCUT2D eigenvalue weighted by atomic mass is 16.5. The number of fused-ring (bicyclic) bond motifs is 2. The molecule has 94 heavy (non-hydrogen) atoms. The number of hydrogen-bond donors (Lipinski definition) is 4.